The molecule has 2 N–H and O–H groups in total. The second-order valence-electron chi connectivity index (χ2n) is 3.67. The highest BCUT2D eigenvalue weighted by molar-refractivity contribution is 6.00. The fourth-order valence-electron chi connectivity index (χ4n) is 1.63. The number of benzene rings is 1. The maximum Gasteiger partial charge on any atom is 0.206 e. The number of aliphatic hydroxyl groups is 2. The van der Waals surface area contributed by atoms with Crippen LogP contribution in [0.2, 0.25) is 0 Å². The Bertz CT molecular complexity index is 412. The number of carbonyl (C=O) groups is 1. The number of hydrogen-bond donors (Lipinski definition) is 2. The molecule has 1 aliphatic rings. The molecule has 1 aromatic carbocycles. The molecule has 0 saturated carbocycles. The van der Waals surface area contributed by atoms with Gasteiger partial charge in [-0.05, 0) is 0 Å². The monoisotopic (exact) mass is 220 g/mol. The second-order valence-corrected chi connectivity index (χ2v) is 3.67. The van der Waals surface area contributed by atoms with Crippen molar-refractivity contribution in [2.24, 2.45) is 0 Å². The molecule has 4 nitrogen and oxygen atoms in total. The van der Waals surface area contributed by atoms with Crippen molar-refractivity contribution in [2.75, 3.05) is 0 Å². The largest absolute Gasteiger partial charge is 0.481 e. The number of aliphatic hydroxyl groups excluding tert-OH is 2. The Hall–Kier alpha value is -1.65. The molecular formula is C12H12O4. The van der Waals surface area contributed by atoms with Gasteiger partial charge in [-0.2, -0.15) is 0 Å². The van der Waals surface area contributed by atoms with Crippen LogP contribution < -0.4 is 0 Å². The molecule has 0 bridgehead atoms. The Labute approximate surface area is 92.8 Å². The average molecular weight is 220 g/mol. The van der Waals surface area contributed by atoms with Crippen LogP contribution in [0.1, 0.15) is 10.4 Å². The van der Waals surface area contributed by atoms with Crippen molar-refractivity contribution in [3.63, 3.8) is 0 Å². The summed E-state index contributed by atoms with van der Waals surface area (Å²) in [6.45, 7) is 3.43. The van der Waals surface area contributed by atoms with Gasteiger partial charge in [0.1, 0.15) is 18.0 Å². The number of ketones is 1. The van der Waals surface area contributed by atoms with Crippen molar-refractivity contribution in [1.29, 1.82) is 0 Å². The SMILES string of the molecule is C=C1O[C@@H](C(=O)c2ccccc2)C(O)[C@@H]1O. The van der Waals surface area contributed by atoms with E-state index in [9.17, 15) is 15.0 Å². The van der Waals surface area contributed by atoms with Gasteiger partial charge in [0.25, 0.3) is 0 Å². The maximum atomic E-state index is 11.9. The molecule has 1 heterocycles. The third kappa shape index (κ3) is 1.73. The van der Waals surface area contributed by atoms with Crippen LogP contribution in [0, 0.1) is 0 Å². The van der Waals surface area contributed by atoms with Crippen LogP contribution >= 0.6 is 0 Å². The van der Waals surface area contributed by atoms with Gasteiger partial charge < -0.3 is 14.9 Å². The van der Waals surface area contributed by atoms with Gasteiger partial charge in [-0.3, -0.25) is 4.79 Å². The summed E-state index contributed by atoms with van der Waals surface area (Å²) in [6.07, 6.45) is -3.51. The fraction of sp³-hybridized carbons (Fsp3) is 0.250. The number of hydrogen-bond acceptors (Lipinski definition) is 4. The summed E-state index contributed by atoms with van der Waals surface area (Å²) in [5.41, 5.74) is 0.438. The Morgan fingerprint density at radius 2 is 1.88 bits per heavy atom. The van der Waals surface area contributed by atoms with E-state index in [4.69, 9.17) is 4.74 Å². The third-order valence-corrected chi connectivity index (χ3v) is 2.56. The first kappa shape index (κ1) is 10.9. The Morgan fingerprint density at radius 3 is 2.38 bits per heavy atom. The van der Waals surface area contributed by atoms with Crippen molar-refractivity contribution >= 4 is 5.78 Å². The quantitative estimate of drug-likeness (QED) is 0.712. The summed E-state index contributed by atoms with van der Waals surface area (Å²) in [5, 5.41) is 19.0. The van der Waals surface area contributed by atoms with Crippen molar-refractivity contribution in [3.8, 4) is 0 Å². The summed E-state index contributed by atoms with van der Waals surface area (Å²) in [6, 6.07) is 8.49. The summed E-state index contributed by atoms with van der Waals surface area (Å²) in [4.78, 5) is 11.9. The normalized spacial score (nSPS) is 28.9. The van der Waals surface area contributed by atoms with Crippen LogP contribution in [-0.2, 0) is 4.74 Å². The van der Waals surface area contributed by atoms with Crippen LogP contribution in [0.4, 0.5) is 0 Å². The molecule has 1 saturated heterocycles. The first-order valence-corrected chi connectivity index (χ1v) is 4.92. The molecule has 3 atom stereocenters. The van der Waals surface area contributed by atoms with Crippen LogP contribution in [0.25, 0.3) is 0 Å². The summed E-state index contributed by atoms with van der Waals surface area (Å²) in [7, 11) is 0. The zero-order valence-corrected chi connectivity index (χ0v) is 8.54. The van der Waals surface area contributed by atoms with Crippen LogP contribution in [0.3, 0.4) is 0 Å². The maximum absolute atomic E-state index is 11.9. The topological polar surface area (TPSA) is 66.8 Å². The summed E-state index contributed by atoms with van der Waals surface area (Å²) < 4.78 is 5.06. The molecule has 0 aromatic heterocycles. The molecule has 84 valence electrons. The molecule has 1 aliphatic heterocycles. The van der Waals surface area contributed by atoms with E-state index in [-0.39, 0.29) is 11.5 Å². The molecule has 0 radical (unpaired) electrons. The van der Waals surface area contributed by atoms with E-state index in [2.05, 4.69) is 6.58 Å². The van der Waals surface area contributed by atoms with Gasteiger partial charge in [0.2, 0.25) is 5.78 Å². The molecule has 0 amide bonds. The first-order valence-electron chi connectivity index (χ1n) is 4.92. The van der Waals surface area contributed by atoms with Crippen molar-refractivity contribution in [2.45, 2.75) is 18.3 Å². The molecule has 1 unspecified atom stereocenters. The van der Waals surface area contributed by atoms with Gasteiger partial charge in [-0.1, -0.05) is 36.9 Å². The minimum absolute atomic E-state index is 0.0294. The minimum Gasteiger partial charge on any atom is -0.481 e. The van der Waals surface area contributed by atoms with Crippen LogP contribution in [-0.4, -0.2) is 34.3 Å². The lowest BCUT2D eigenvalue weighted by atomic mass is 10.0. The smallest absolute Gasteiger partial charge is 0.206 e. The van der Waals surface area contributed by atoms with E-state index in [1.807, 2.05) is 0 Å². The van der Waals surface area contributed by atoms with E-state index in [1.165, 1.54) is 0 Å². The van der Waals surface area contributed by atoms with Crippen molar-refractivity contribution < 1.29 is 19.7 Å². The molecule has 0 aliphatic carbocycles. The number of rotatable bonds is 2. The Morgan fingerprint density at radius 1 is 1.25 bits per heavy atom. The number of carbonyl (C=O) groups excluding carboxylic acids is 1. The molecule has 2 rings (SSSR count). The summed E-state index contributed by atoms with van der Waals surface area (Å²) in [5.74, 6) is -0.326. The third-order valence-electron chi connectivity index (χ3n) is 2.56. The molecule has 1 fully saturated rings. The lowest BCUT2D eigenvalue weighted by molar-refractivity contribution is 0.0239. The van der Waals surface area contributed by atoms with Gasteiger partial charge in [0.15, 0.2) is 6.10 Å². The van der Waals surface area contributed by atoms with Gasteiger partial charge >= 0.3 is 0 Å². The Kier molecular flexibility index (Phi) is 2.77. The second kappa shape index (κ2) is 4.08. The van der Waals surface area contributed by atoms with Gasteiger partial charge in [-0.15, -0.1) is 0 Å². The fourth-order valence-corrected chi connectivity index (χ4v) is 1.63. The van der Waals surface area contributed by atoms with Gasteiger partial charge in [0.05, 0.1) is 0 Å². The zero-order valence-electron chi connectivity index (χ0n) is 8.54. The first-order chi connectivity index (χ1) is 7.61. The van der Waals surface area contributed by atoms with E-state index >= 15 is 0 Å². The van der Waals surface area contributed by atoms with Crippen LogP contribution in [0.5, 0.6) is 0 Å². The van der Waals surface area contributed by atoms with Crippen molar-refractivity contribution in [1.82, 2.24) is 0 Å². The molecule has 1 aromatic rings. The predicted molar refractivity (Wildman–Crippen MR) is 56.8 cm³/mol. The Balaban J connectivity index is 2.21. The summed E-state index contributed by atoms with van der Waals surface area (Å²) >= 11 is 0. The van der Waals surface area contributed by atoms with E-state index < -0.39 is 18.3 Å². The number of Topliss-reactive ketones (excluding diaryl/α,β-unsaturated/α-hetero) is 1. The standard InChI is InChI=1S/C12H12O4/c1-7-9(13)11(15)12(16-7)10(14)8-5-3-2-4-6-8/h2-6,9,11-13,15H,1H2/t9-,11?,12+/m1/s1. The predicted octanol–water partition coefficient (Wildman–Crippen LogP) is 0.504. The molecule has 4 heteroatoms. The minimum atomic E-state index is -1.25. The highest BCUT2D eigenvalue weighted by Gasteiger charge is 2.43. The molecule has 16 heavy (non-hydrogen) atoms. The zero-order chi connectivity index (χ0) is 11.7. The van der Waals surface area contributed by atoms with Crippen molar-refractivity contribution in [3.05, 3.63) is 48.2 Å². The van der Waals surface area contributed by atoms with E-state index in [0.717, 1.165) is 0 Å². The van der Waals surface area contributed by atoms with E-state index in [1.54, 1.807) is 30.3 Å². The lowest BCUT2D eigenvalue weighted by Crippen LogP contribution is -2.35. The van der Waals surface area contributed by atoms with Gasteiger partial charge in [-0.25, -0.2) is 0 Å². The molecular weight excluding hydrogens is 208 g/mol. The van der Waals surface area contributed by atoms with E-state index in [0.29, 0.717) is 5.56 Å². The lowest BCUT2D eigenvalue weighted by Gasteiger charge is -2.12. The highest BCUT2D eigenvalue weighted by atomic mass is 16.5. The highest BCUT2D eigenvalue weighted by Crippen LogP contribution is 2.25. The van der Waals surface area contributed by atoms with Crippen LogP contribution in [0.15, 0.2) is 42.7 Å². The van der Waals surface area contributed by atoms with Gasteiger partial charge in [0, 0.05) is 5.56 Å². The average Bonchev–Trinajstić information content (AvgIpc) is 2.57. The molecule has 0 spiro atoms. The number of ether oxygens (including phenoxy) is 1.